The predicted molar refractivity (Wildman–Crippen MR) is 78.3 cm³/mol. The number of para-hydroxylation sites is 1. The van der Waals surface area contributed by atoms with Gasteiger partial charge in [0.2, 0.25) is 0 Å². The highest BCUT2D eigenvalue weighted by molar-refractivity contribution is 5.93. The van der Waals surface area contributed by atoms with Crippen LogP contribution in [0.25, 0.3) is 5.69 Å². The van der Waals surface area contributed by atoms with Gasteiger partial charge in [0.15, 0.2) is 11.5 Å². The van der Waals surface area contributed by atoms with Gasteiger partial charge in [-0.3, -0.25) is 9.48 Å². The largest absolute Gasteiger partial charge is 0.343 e. The van der Waals surface area contributed by atoms with E-state index in [1.54, 1.807) is 25.0 Å². The maximum absolute atomic E-state index is 12.2. The summed E-state index contributed by atoms with van der Waals surface area (Å²) in [6.45, 7) is 2.00. The Hall–Kier alpha value is -3.03. The topological polar surface area (TPSA) is 90.5 Å². The van der Waals surface area contributed by atoms with Gasteiger partial charge in [-0.15, -0.1) is 5.10 Å². The van der Waals surface area contributed by atoms with Gasteiger partial charge in [-0.05, 0) is 19.1 Å². The van der Waals surface area contributed by atoms with E-state index in [2.05, 4.69) is 25.6 Å². The van der Waals surface area contributed by atoms with E-state index >= 15 is 0 Å². The number of benzene rings is 1. The van der Waals surface area contributed by atoms with E-state index in [4.69, 9.17) is 0 Å². The van der Waals surface area contributed by atoms with Gasteiger partial charge < -0.3 is 5.32 Å². The Kier molecular flexibility index (Phi) is 3.65. The van der Waals surface area contributed by atoms with Crippen LogP contribution in [0.5, 0.6) is 0 Å². The van der Waals surface area contributed by atoms with Gasteiger partial charge in [-0.1, -0.05) is 18.2 Å². The molecule has 1 N–H and O–H groups in total. The molecule has 8 heteroatoms. The van der Waals surface area contributed by atoms with Crippen LogP contribution in [0.2, 0.25) is 0 Å². The molecule has 0 aliphatic carbocycles. The molecular formula is C14H15N7O. The zero-order valence-electron chi connectivity index (χ0n) is 12.3. The van der Waals surface area contributed by atoms with Gasteiger partial charge in [0.1, 0.15) is 6.33 Å². The van der Waals surface area contributed by atoms with Crippen molar-refractivity contribution in [2.75, 3.05) is 0 Å². The Balaban J connectivity index is 1.74. The van der Waals surface area contributed by atoms with Crippen LogP contribution in [0.15, 0.2) is 36.7 Å². The van der Waals surface area contributed by atoms with Crippen LogP contribution < -0.4 is 5.32 Å². The first-order valence-electron chi connectivity index (χ1n) is 6.75. The molecule has 22 heavy (non-hydrogen) atoms. The Labute approximate surface area is 126 Å². The average molecular weight is 297 g/mol. The molecule has 0 unspecified atom stereocenters. The summed E-state index contributed by atoms with van der Waals surface area (Å²) in [5.74, 6) is 0.246. The van der Waals surface area contributed by atoms with Gasteiger partial charge in [-0.25, -0.2) is 4.98 Å². The lowest BCUT2D eigenvalue weighted by molar-refractivity contribution is 0.0944. The standard InChI is InChI=1S/C14H15N7O/c1-10-13(14(22)15-8-12-16-9-20(2)18-12)19-21(17-10)11-6-4-3-5-7-11/h3-7,9H,8H2,1-2H3,(H,15,22). The molecular weight excluding hydrogens is 282 g/mol. The minimum absolute atomic E-state index is 0.247. The quantitative estimate of drug-likeness (QED) is 0.763. The van der Waals surface area contributed by atoms with Crippen LogP contribution in [0, 0.1) is 6.92 Å². The van der Waals surface area contributed by atoms with Crippen molar-refractivity contribution in [1.29, 1.82) is 0 Å². The van der Waals surface area contributed by atoms with Gasteiger partial charge in [0, 0.05) is 7.05 Å². The highest BCUT2D eigenvalue weighted by Crippen LogP contribution is 2.08. The molecule has 2 aromatic heterocycles. The molecule has 8 nitrogen and oxygen atoms in total. The van der Waals surface area contributed by atoms with Crippen molar-refractivity contribution in [2.45, 2.75) is 13.5 Å². The van der Waals surface area contributed by atoms with Gasteiger partial charge in [0.05, 0.1) is 17.9 Å². The molecule has 1 aromatic carbocycles. The number of hydrogen-bond donors (Lipinski definition) is 1. The molecule has 0 saturated heterocycles. The fourth-order valence-electron chi connectivity index (χ4n) is 1.97. The number of rotatable bonds is 4. The normalized spacial score (nSPS) is 10.6. The van der Waals surface area contributed by atoms with Crippen molar-refractivity contribution in [3.05, 3.63) is 53.9 Å². The molecule has 0 fully saturated rings. The maximum atomic E-state index is 12.2. The van der Waals surface area contributed by atoms with E-state index in [9.17, 15) is 4.79 Å². The third-order valence-electron chi connectivity index (χ3n) is 3.04. The molecule has 0 aliphatic heterocycles. The third kappa shape index (κ3) is 2.85. The smallest absolute Gasteiger partial charge is 0.274 e. The van der Waals surface area contributed by atoms with Crippen molar-refractivity contribution in [2.24, 2.45) is 7.05 Å². The monoisotopic (exact) mass is 297 g/mol. The summed E-state index contributed by atoms with van der Waals surface area (Å²) in [7, 11) is 1.77. The maximum Gasteiger partial charge on any atom is 0.274 e. The summed E-state index contributed by atoms with van der Waals surface area (Å²) < 4.78 is 1.58. The summed E-state index contributed by atoms with van der Waals surface area (Å²) in [6, 6.07) is 9.44. The molecule has 0 radical (unpaired) electrons. The summed E-state index contributed by atoms with van der Waals surface area (Å²) in [6.07, 6.45) is 1.58. The number of aryl methyl sites for hydroxylation is 2. The predicted octanol–water partition coefficient (Wildman–Crippen LogP) is 0.634. The number of aromatic nitrogens is 6. The van der Waals surface area contributed by atoms with Crippen molar-refractivity contribution < 1.29 is 4.79 Å². The van der Waals surface area contributed by atoms with E-state index in [1.165, 1.54) is 4.80 Å². The molecule has 3 rings (SSSR count). The van der Waals surface area contributed by atoms with Crippen LogP contribution in [-0.4, -0.2) is 35.7 Å². The number of nitrogens with zero attached hydrogens (tertiary/aromatic N) is 6. The first kappa shape index (κ1) is 13.9. The molecule has 0 atom stereocenters. The van der Waals surface area contributed by atoms with E-state index in [0.717, 1.165) is 5.69 Å². The second-order valence-electron chi connectivity index (χ2n) is 4.78. The fourth-order valence-corrected chi connectivity index (χ4v) is 1.97. The lowest BCUT2D eigenvalue weighted by Crippen LogP contribution is -2.24. The van der Waals surface area contributed by atoms with Crippen LogP contribution >= 0.6 is 0 Å². The fraction of sp³-hybridized carbons (Fsp3) is 0.214. The van der Waals surface area contributed by atoms with Crippen LogP contribution in [0.3, 0.4) is 0 Å². The number of amides is 1. The van der Waals surface area contributed by atoms with Gasteiger partial charge >= 0.3 is 0 Å². The molecule has 0 aliphatic rings. The third-order valence-corrected chi connectivity index (χ3v) is 3.04. The van der Waals surface area contributed by atoms with Crippen molar-refractivity contribution in [3.63, 3.8) is 0 Å². The Morgan fingerprint density at radius 2 is 1.95 bits per heavy atom. The molecule has 1 amide bonds. The van der Waals surface area contributed by atoms with Crippen molar-refractivity contribution in [3.8, 4) is 5.69 Å². The zero-order valence-corrected chi connectivity index (χ0v) is 12.3. The minimum atomic E-state index is -0.299. The Bertz CT molecular complexity index is 791. The Morgan fingerprint density at radius 1 is 1.18 bits per heavy atom. The molecule has 0 bridgehead atoms. The average Bonchev–Trinajstić information content (AvgIpc) is 3.12. The number of nitrogens with one attached hydrogen (secondary N) is 1. The second kappa shape index (κ2) is 5.76. The second-order valence-corrected chi connectivity index (χ2v) is 4.78. The first-order valence-corrected chi connectivity index (χ1v) is 6.75. The SMILES string of the molecule is Cc1nn(-c2ccccc2)nc1C(=O)NCc1ncn(C)n1. The van der Waals surface area contributed by atoms with E-state index in [0.29, 0.717) is 17.2 Å². The molecule has 0 spiro atoms. The van der Waals surface area contributed by atoms with E-state index in [-0.39, 0.29) is 12.5 Å². The molecule has 2 heterocycles. The lowest BCUT2D eigenvalue weighted by atomic mass is 10.3. The van der Waals surface area contributed by atoms with Crippen LogP contribution in [0.1, 0.15) is 22.0 Å². The van der Waals surface area contributed by atoms with Gasteiger partial charge in [-0.2, -0.15) is 15.0 Å². The summed E-state index contributed by atoms with van der Waals surface area (Å²) in [5.41, 5.74) is 1.66. The van der Waals surface area contributed by atoms with Crippen molar-refractivity contribution >= 4 is 5.91 Å². The summed E-state index contributed by atoms with van der Waals surface area (Å²) in [5, 5.41) is 15.4. The number of carbonyl (C=O) groups excluding carboxylic acids is 1. The van der Waals surface area contributed by atoms with Gasteiger partial charge in [0.25, 0.3) is 5.91 Å². The number of carbonyl (C=O) groups is 1. The number of hydrogen-bond acceptors (Lipinski definition) is 5. The lowest BCUT2D eigenvalue weighted by Gasteiger charge is -2.00. The molecule has 0 saturated carbocycles. The van der Waals surface area contributed by atoms with Crippen molar-refractivity contribution in [1.82, 2.24) is 35.1 Å². The summed E-state index contributed by atoms with van der Waals surface area (Å²) >= 11 is 0. The van der Waals surface area contributed by atoms with Crippen LogP contribution in [0.4, 0.5) is 0 Å². The molecule has 3 aromatic rings. The highest BCUT2D eigenvalue weighted by atomic mass is 16.2. The van der Waals surface area contributed by atoms with Crippen LogP contribution in [-0.2, 0) is 13.6 Å². The summed E-state index contributed by atoms with van der Waals surface area (Å²) in [4.78, 5) is 17.7. The Morgan fingerprint density at radius 3 is 2.64 bits per heavy atom. The van der Waals surface area contributed by atoms with E-state index < -0.39 is 0 Å². The zero-order chi connectivity index (χ0) is 15.5. The van der Waals surface area contributed by atoms with E-state index in [1.807, 2.05) is 30.3 Å². The minimum Gasteiger partial charge on any atom is -0.343 e. The molecule has 112 valence electrons. The highest BCUT2D eigenvalue weighted by Gasteiger charge is 2.16. The first-order chi connectivity index (χ1) is 10.6.